The van der Waals surface area contributed by atoms with E-state index < -0.39 is 0 Å². The highest BCUT2D eigenvalue weighted by atomic mass is 35.5. The van der Waals surface area contributed by atoms with E-state index >= 15 is 0 Å². The Morgan fingerprint density at radius 2 is 2.13 bits per heavy atom. The van der Waals surface area contributed by atoms with Gasteiger partial charge in [0.1, 0.15) is 0 Å². The average Bonchev–Trinajstić information content (AvgIpc) is 2.81. The van der Waals surface area contributed by atoms with E-state index in [0.29, 0.717) is 25.2 Å². The Bertz CT molecular complexity index is 567. The lowest BCUT2D eigenvalue weighted by Gasteiger charge is -2.27. The van der Waals surface area contributed by atoms with Crippen LogP contribution in [-0.4, -0.2) is 58.8 Å². The summed E-state index contributed by atoms with van der Waals surface area (Å²) in [4.78, 5) is 32.2. The first-order valence-corrected chi connectivity index (χ1v) is 8.34. The van der Waals surface area contributed by atoms with Crippen molar-refractivity contribution in [2.24, 2.45) is 0 Å². The summed E-state index contributed by atoms with van der Waals surface area (Å²) in [5, 5.41) is 3.10. The van der Waals surface area contributed by atoms with Gasteiger partial charge in [-0.25, -0.2) is 4.98 Å². The van der Waals surface area contributed by atoms with Crippen molar-refractivity contribution in [1.82, 2.24) is 14.8 Å². The molecule has 0 bridgehead atoms. The van der Waals surface area contributed by atoms with Crippen LogP contribution in [0.4, 0.5) is 5.69 Å². The summed E-state index contributed by atoms with van der Waals surface area (Å²) >= 11 is 5.97. The number of halogens is 1. The van der Waals surface area contributed by atoms with Crippen molar-refractivity contribution in [3.63, 3.8) is 0 Å². The molecule has 1 aliphatic heterocycles. The molecule has 6 nitrogen and oxygen atoms in total. The lowest BCUT2D eigenvalue weighted by molar-refractivity contribution is -0.130. The van der Waals surface area contributed by atoms with E-state index in [-0.39, 0.29) is 23.0 Å². The van der Waals surface area contributed by atoms with Crippen molar-refractivity contribution in [2.45, 2.75) is 32.7 Å². The number of amides is 2. The van der Waals surface area contributed by atoms with Crippen molar-refractivity contribution in [3.8, 4) is 0 Å². The smallest absolute Gasteiger partial charge is 0.241 e. The van der Waals surface area contributed by atoms with E-state index in [4.69, 9.17) is 11.6 Å². The van der Waals surface area contributed by atoms with Crippen LogP contribution in [0, 0.1) is 0 Å². The number of aromatic nitrogens is 1. The van der Waals surface area contributed by atoms with Crippen molar-refractivity contribution in [1.29, 1.82) is 0 Å². The Hall–Kier alpha value is -1.66. The zero-order chi connectivity index (χ0) is 16.8. The van der Waals surface area contributed by atoms with Gasteiger partial charge in [-0.3, -0.25) is 14.5 Å². The van der Waals surface area contributed by atoms with Gasteiger partial charge in [-0.15, -0.1) is 0 Å². The first kappa shape index (κ1) is 17.7. The van der Waals surface area contributed by atoms with Gasteiger partial charge in [-0.1, -0.05) is 18.5 Å². The second-order valence-corrected chi connectivity index (χ2v) is 5.99. The van der Waals surface area contributed by atoms with Gasteiger partial charge < -0.3 is 10.2 Å². The fourth-order valence-electron chi connectivity index (χ4n) is 2.68. The summed E-state index contributed by atoms with van der Waals surface area (Å²) in [5.74, 6) is 0.0567. The van der Waals surface area contributed by atoms with Gasteiger partial charge >= 0.3 is 0 Å². The van der Waals surface area contributed by atoms with Gasteiger partial charge in [0.2, 0.25) is 11.8 Å². The number of rotatable bonds is 4. The molecule has 2 rings (SSSR count). The summed E-state index contributed by atoms with van der Waals surface area (Å²) in [7, 11) is 0. The summed E-state index contributed by atoms with van der Waals surface area (Å²) in [6.45, 7) is 6.66. The maximum Gasteiger partial charge on any atom is 0.241 e. The normalized spacial score (nSPS) is 17.4. The van der Waals surface area contributed by atoms with Gasteiger partial charge in [0, 0.05) is 38.8 Å². The zero-order valence-corrected chi connectivity index (χ0v) is 14.3. The molecule has 0 radical (unpaired) electrons. The van der Waals surface area contributed by atoms with Crippen LogP contribution in [0.15, 0.2) is 18.3 Å². The molecule has 23 heavy (non-hydrogen) atoms. The van der Waals surface area contributed by atoms with E-state index in [1.165, 1.54) is 0 Å². The minimum absolute atomic E-state index is 0.116. The molecule has 0 aliphatic carbocycles. The first-order valence-electron chi connectivity index (χ1n) is 7.96. The van der Waals surface area contributed by atoms with E-state index in [9.17, 15) is 9.59 Å². The van der Waals surface area contributed by atoms with Crippen LogP contribution in [0.3, 0.4) is 0 Å². The number of anilines is 1. The van der Waals surface area contributed by atoms with Gasteiger partial charge in [0.15, 0.2) is 5.15 Å². The lowest BCUT2D eigenvalue weighted by Crippen LogP contribution is -2.44. The molecule has 0 aromatic carbocycles. The zero-order valence-electron chi connectivity index (χ0n) is 13.6. The molecule has 1 aromatic rings. The molecule has 0 saturated carbocycles. The maximum absolute atomic E-state index is 12.4. The third-order valence-electron chi connectivity index (χ3n) is 4.13. The monoisotopic (exact) mass is 338 g/mol. The maximum atomic E-state index is 12.4. The second kappa shape index (κ2) is 8.26. The summed E-state index contributed by atoms with van der Waals surface area (Å²) in [6.07, 6.45) is 2.97. The minimum Gasteiger partial charge on any atom is -0.341 e. The number of pyridine rings is 1. The van der Waals surface area contributed by atoms with Gasteiger partial charge in [0.25, 0.3) is 0 Å². The molecule has 2 amide bonds. The van der Waals surface area contributed by atoms with Gasteiger partial charge in [0.05, 0.1) is 11.7 Å². The number of carbonyl (C=O) groups excluding carboxylic acids is 2. The second-order valence-electron chi connectivity index (χ2n) is 5.63. The van der Waals surface area contributed by atoms with Crippen LogP contribution >= 0.6 is 11.6 Å². The largest absolute Gasteiger partial charge is 0.341 e. The predicted molar refractivity (Wildman–Crippen MR) is 90.4 cm³/mol. The van der Waals surface area contributed by atoms with E-state index in [1.807, 2.05) is 18.7 Å². The number of nitrogens with zero attached hydrogens (tertiary/aromatic N) is 3. The fourth-order valence-corrected chi connectivity index (χ4v) is 2.85. The number of nitrogens with one attached hydrogen (secondary N) is 1. The molecule has 1 aliphatic rings. The van der Waals surface area contributed by atoms with Gasteiger partial charge in [-0.2, -0.15) is 0 Å². The molecular weight excluding hydrogens is 316 g/mol. The average molecular weight is 339 g/mol. The number of hydrogen-bond acceptors (Lipinski definition) is 4. The Morgan fingerprint density at radius 3 is 2.83 bits per heavy atom. The summed E-state index contributed by atoms with van der Waals surface area (Å²) < 4.78 is 0. The van der Waals surface area contributed by atoms with Crippen molar-refractivity contribution in [2.75, 3.05) is 31.5 Å². The molecule has 1 N–H and O–H groups in total. The van der Waals surface area contributed by atoms with Crippen LogP contribution < -0.4 is 5.32 Å². The van der Waals surface area contributed by atoms with Crippen LogP contribution in [0.1, 0.15) is 26.7 Å². The van der Waals surface area contributed by atoms with Crippen molar-refractivity contribution in [3.05, 3.63) is 23.5 Å². The number of carbonyl (C=O) groups is 2. The summed E-state index contributed by atoms with van der Waals surface area (Å²) in [6, 6.07) is 3.17. The highest BCUT2D eigenvalue weighted by Gasteiger charge is 2.25. The fraction of sp³-hybridized carbons (Fsp3) is 0.562. The molecule has 7 heteroatoms. The van der Waals surface area contributed by atoms with E-state index in [2.05, 4.69) is 15.2 Å². The SMILES string of the molecule is CCC(=O)N1CCCN(C(C)C(=O)Nc2cccnc2Cl)CC1. The molecule has 1 fully saturated rings. The molecule has 126 valence electrons. The van der Waals surface area contributed by atoms with E-state index in [0.717, 1.165) is 19.5 Å². The lowest BCUT2D eigenvalue weighted by atomic mass is 10.2. The topological polar surface area (TPSA) is 65.5 Å². The summed E-state index contributed by atoms with van der Waals surface area (Å²) in [5.41, 5.74) is 0.517. The molecule has 1 saturated heterocycles. The minimum atomic E-state index is -0.289. The molecular formula is C16H23ClN4O2. The molecule has 1 unspecified atom stereocenters. The van der Waals surface area contributed by atoms with Crippen molar-refractivity contribution < 1.29 is 9.59 Å². The highest BCUT2D eigenvalue weighted by Crippen LogP contribution is 2.18. The highest BCUT2D eigenvalue weighted by molar-refractivity contribution is 6.32. The van der Waals surface area contributed by atoms with Gasteiger partial charge in [-0.05, 0) is 25.5 Å². The Labute approximate surface area is 141 Å². The third kappa shape index (κ3) is 4.65. The van der Waals surface area contributed by atoms with Crippen LogP contribution in [0.25, 0.3) is 0 Å². The van der Waals surface area contributed by atoms with Crippen LogP contribution in [0.5, 0.6) is 0 Å². The predicted octanol–water partition coefficient (Wildman–Crippen LogP) is 2.01. The van der Waals surface area contributed by atoms with Crippen molar-refractivity contribution >= 4 is 29.1 Å². The quantitative estimate of drug-likeness (QED) is 0.853. The first-order chi connectivity index (χ1) is 11.0. The Morgan fingerprint density at radius 1 is 1.35 bits per heavy atom. The van der Waals surface area contributed by atoms with Crippen LogP contribution in [-0.2, 0) is 9.59 Å². The molecule has 2 heterocycles. The molecule has 0 spiro atoms. The third-order valence-corrected chi connectivity index (χ3v) is 4.43. The number of hydrogen-bond donors (Lipinski definition) is 1. The molecule has 1 atom stereocenters. The van der Waals surface area contributed by atoms with E-state index in [1.54, 1.807) is 18.3 Å². The standard InChI is InChI=1S/C16H23ClN4O2/c1-3-14(22)21-9-5-8-20(10-11-21)12(2)16(23)19-13-6-4-7-18-15(13)17/h4,6-7,12H,3,5,8-11H2,1-2H3,(H,19,23). The van der Waals surface area contributed by atoms with Crippen LogP contribution in [0.2, 0.25) is 5.15 Å². The molecule has 1 aromatic heterocycles. The Kier molecular flexibility index (Phi) is 6.36. The Balaban J connectivity index is 1.94.